The molecule has 0 aliphatic carbocycles. The van der Waals surface area contributed by atoms with Crippen molar-refractivity contribution in [3.05, 3.63) is 40.1 Å². The number of aromatic nitrogens is 1. The summed E-state index contributed by atoms with van der Waals surface area (Å²) >= 11 is 0. The number of aryl methyl sites for hydroxylation is 1. The fourth-order valence-electron chi connectivity index (χ4n) is 1.80. The fraction of sp³-hybridized carbons (Fsp3) is 0.200. The van der Waals surface area contributed by atoms with Crippen LogP contribution in [0.15, 0.2) is 24.4 Å². The van der Waals surface area contributed by atoms with Crippen molar-refractivity contribution in [3.63, 3.8) is 0 Å². The van der Waals surface area contributed by atoms with Gasteiger partial charge in [-0.1, -0.05) is 12.1 Å². The van der Waals surface area contributed by atoms with Crippen LogP contribution in [0, 0.1) is 10.1 Å². The number of nitro groups is 1. The number of non-ortho nitro benzene ring substituents is 1. The molecule has 0 atom stereocenters. The second kappa shape index (κ2) is 3.36. The minimum absolute atomic E-state index is 0.0645. The Morgan fingerprint density at radius 1 is 1.53 bits per heavy atom. The molecule has 0 spiro atoms. The van der Waals surface area contributed by atoms with Crippen molar-refractivity contribution in [3.8, 4) is 0 Å². The van der Waals surface area contributed by atoms with E-state index in [-0.39, 0.29) is 12.3 Å². The lowest BCUT2D eigenvalue weighted by molar-refractivity contribution is -0.383. The highest BCUT2D eigenvalue weighted by atomic mass is 16.6. The molecule has 1 aromatic carbocycles. The van der Waals surface area contributed by atoms with Crippen molar-refractivity contribution in [2.75, 3.05) is 0 Å². The summed E-state index contributed by atoms with van der Waals surface area (Å²) in [4.78, 5) is 10.4. The van der Waals surface area contributed by atoms with E-state index < -0.39 is 4.92 Å². The number of aliphatic hydroxyl groups excluding tert-OH is 1. The third kappa shape index (κ3) is 1.37. The monoisotopic (exact) mass is 206 g/mol. The van der Waals surface area contributed by atoms with Gasteiger partial charge < -0.3 is 9.67 Å². The van der Waals surface area contributed by atoms with Crippen molar-refractivity contribution >= 4 is 16.6 Å². The molecule has 5 nitrogen and oxygen atoms in total. The molecule has 15 heavy (non-hydrogen) atoms. The van der Waals surface area contributed by atoms with Crippen LogP contribution in [0.4, 0.5) is 5.69 Å². The van der Waals surface area contributed by atoms with E-state index in [9.17, 15) is 10.1 Å². The standard InChI is InChI=1S/C10H10N2O3/c1-11-5-7(6-13)8-3-2-4-9(10(8)11)12(14)15/h2-5,13H,6H2,1H3. The van der Waals surface area contributed by atoms with E-state index >= 15 is 0 Å². The van der Waals surface area contributed by atoms with Gasteiger partial charge in [-0.3, -0.25) is 10.1 Å². The molecule has 78 valence electrons. The highest BCUT2D eigenvalue weighted by Crippen LogP contribution is 2.28. The lowest BCUT2D eigenvalue weighted by Crippen LogP contribution is -1.92. The van der Waals surface area contributed by atoms with Gasteiger partial charge in [-0.15, -0.1) is 0 Å². The largest absolute Gasteiger partial charge is 0.392 e. The molecule has 1 N–H and O–H groups in total. The summed E-state index contributed by atoms with van der Waals surface area (Å²) in [6.45, 7) is -0.113. The maximum Gasteiger partial charge on any atom is 0.293 e. The summed E-state index contributed by atoms with van der Waals surface area (Å²) in [5.41, 5.74) is 1.32. The normalized spacial score (nSPS) is 10.8. The molecule has 2 rings (SSSR count). The summed E-state index contributed by atoms with van der Waals surface area (Å²) in [6, 6.07) is 4.86. The van der Waals surface area contributed by atoms with E-state index in [1.165, 1.54) is 6.07 Å². The highest BCUT2D eigenvalue weighted by Gasteiger charge is 2.16. The Morgan fingerprint density at radius 2 is 2.27 bits per heavy atom. The maximum atomic E-state index is 10.8. The number of nitro benzene ring substituents is 1. The first-order chi connectivity index (χ1) is 7.15. The first-order valence-electron chi connectivity index (χ1n) is 4.47. The van der Waals surface area contributed by atoms with Gasteiger partial charge in [-0.2, -0.15) is 0 Å². The van der Waals surface area contributed by atoms with E-state index in [0.717, 1.165) is 5.39 Å². The summed E-state index contributed by atoms with van der Waals surface area (Å²) < 4.78 is 1.67. The van der Waals surface area contributed by atoms with Crippen LogP contribution in [-0.2, 0) is 13.7 Å². The fourth-order valence-corrected chi connectivity index (χ4v) is 1.80. The summed E-state index contributed by atoms with van der Waals surface area (Å²) in [5, 5.41) is 20.6. The first-order valence-corrected chi connectivity index (χ1v) is 4.47. The quantitative estimate of drug-likeness (QED) is 0.599. The van der Waals surface area contributed by atoms with Gasteiger partial charge in [0.05, 0.1) is 11.5 Å². The van der Waals surface area contributed by atoms with Crippen molar-refractivity contribution in [1.29, 1.82) is 0 Å². The Bertz CT molecular complexity index is 531. The first kappa shape index (κ1) is 9.67. The lowest BCUT2D eigenvalue weighted by atomic mass is 10.1. The molecule has 5 heteroatoms. The highest BCUT2D eigenvalue weighted by molar-refractivity contribution is 5.91. The van der Waals surface area contributed by atoms with Crippen LogP contribution in [0.25, 0.3) is 10.9 Å². The summed E-state index contributed by atoms with van der Waals surface area (Å²) in [7, 11) is 1.73. The molecule has 0 saturated heterocycles. The molecule has 0 fully saturated rings. The van der Waals surface area contributed by atoms with Crippen LogP contribution >= 0.6 is 0 Å². The van der Waals surface area contributed by atoms with Crippen molar-refractivity contribution in [2.45, 2.75) is 6.61 Å². The van der Waals surface area contributed by atoms with Crippen LogP contribution in [0.3, 0.4) is 0 Å². The predicted molar refractivity (Wildman–Crippen MR) is 55.5 cm³/mol. The summed E-state index contributed by atoms with van der Waals surface area (Å²) in [6.07, 6.45) is 1.71. The van der Waals surface area contributed by atoms with E-state index in [2.05, 4.69) is 0 Å². The van der Waals surface area contributed by atoms with Crippen LogP contribution in [-0.4, -0.2) is 14.6 Å². The molecular weight excluding hydrogens is 196 g/mol. The Labute approximate surface area is 85.7 Å². The lowest BCUT2D eigenvalue weighted by Gasteiger charge is -1.97. The molecule has 0 aliphatic rings. The van der Waals surface area contributed by atoms with Gasteiger partial charge in [0.2, 0.25) is 0 Å². The van der Waals surface area contributed by atoms with Gasteiger partial charge >= 0.3 is 0 Å². The minimum atomic E-state index is -0.413. The van der Waals surface area contributed by atoms with Crippen LogP contribution in [0.5, 0.6) is 0 Å². The number of hydrogen-bond acceptors (Lipinski definition) is 3. The second-order valence-electron chi connectivity index (χ2n) is 3.35. The second-order valence-corrected chi connectivity index (χ2v) is 3.35. The molecule has 1 aromatic heterocycles. The average molecular weight is 206 g/mol. The smallest absolute Gasteiger partial charge is 0.293 e. The molecule has 0 radical (unpaired) electrons. The van der Waals surface area contributed by atoms with E-state index in [0.29, 0.717) is 11.1 Å². The molecule has 0 bridgehead atoms. The Kier molecular flexibility index (Phi) is 2.17. The molecule has 0 aliphatic heterocycles. The van der Waals surface area contributed by atoms with Crippen molar-refractivity contribution in [2.24, 2.45) is 7.05 Å². The SMILES string of the molecule is Cn1cc(CO)c2cccc([N+](=O)[O-])c21. The van der Waals surface area contributed by atoms with Gasteiger partial charge in [0.1, 0.15) is 5.52 Å². The third-order valence-corrected chi connectivity index (χ3v) is 2.43. The molecule has 0 amide bonds. The van der Waals surface area contributed by atoms with Crippen LogP contribution in [0.2, 0.25) is 0 Å². The van der Waals surface area contributed by atoms with Crippen molar-refractivity contribution < 1.29 is 10.0 Å². The van der Waals surface area contributed by atoms with Gasteiger partial charge in [-0.25, -0.2) is 0 Å². The van der Waals surface area contributed by atoms with Gasteiger partial charge in [0.15, 0.2) is 0 Å². The Hall–Kier alpha value is -1.88. The molecule has 0 saturated carbocycles. The molecule has 2 aromatic rings. The van der Waals surface area contributed by atoms with Crippen LogP contribution in [0.1, 0.15) is 5.56 Å². The predicted octanol–water partition coefficient (Wildman–Crippen LogP) is 1.58. The van der Waals surface area contributed by atoms with Gasteiger partial charge in [-0.05, 0) is 0 Å². The van der Waals surface area contributed by atoms with E-state index in [4.69, 9.17) is 5.11 Å². The Morgan fingerprint density at radius 3 is 2.87 bits per heavy atom. The molecule has 0 unspecified atom stereocenters. The zero-order chi connectivity index (χ0) is 11.0. The number of fused-ring (bicyclic) bond motifs is 1. The zero-order valence-electron chi connectivity index (χ0n) is 8.17. The maximum absolute atomic E-state index is 10.8. The third-order valence-electron chi connectivity index (χ3n) is 2.43. The number of rotatable bonds is 2. The van der Waals surface area contributed by atoms with Gasteiger partial charge in [0, 0.05) is 30.3 Å². The number of nitrogens with zero attached hydrogens (tertiary/aromatic N) is 2. The molecule has 1 heterocycles. The van der Waals surface area contributed by atoms with Gasteiger partial charge in [0.25, 0.3) is 5.69 Å². The number of aliphatic hydroxyl groups is 1. The summed E-state index contributed by atoms with van der Waals surface area (Å²) in [5.74, 6) is 0. The number of para-hydroxylation sites is 1. The Balaban J connectivity index is 2.86. The topological polar surface area (TPSA) is 68.3 Å². The molecular formula is C10H10N2O3. The zero-order valence-corrected chi connectivity index (χ0v) is 8.17. The number of benzene rings is 1. The van der Waals surface area contributed by atoms with E-state index in [1.807, 2.05) is 0 Å². The van der Waals surface area contributed by atoms with Crippen LogP contribution < -0.4 is 0 Å². The average Bonchev–Trinajstić information content (AvgIpc) is 2.55. The van der Waals surface area contributed by atoms with E-state index in [1.54, 1.807) is 29.9 Å². The number of hydrogen-bond donors (Lipinski definition) is 1. The van der Waals surface area contributed by atoms with Crippen molar-refractivity contribution in [1.82, 2.24) is 4.57 Å². The minimum Gasteiger partial charge on any atom is -0.392 e.